The summed E-state index contributed by atoms with van der Waals surface area (Å²) in [5, 5.41) is 8.55. The Hall–Kier alpha value is -1.80. The number of amides is 3. The summed E-state index contributed by atoms with van der Waals surface area (Å²) in [6.45, 7) is 1.95. The first kappa shape index (κ1) is 21.5. The van der Waals surface area contributed by atoms with Crippen LogP contribution in [0.25, 0.3) is 0 Å². The molecule has 1 aromatic carbocycles. The molecule has 27 heavy (non-hydrogen) atoms. The Labute approximate surface area is 173 Å². The van der Waals surface area contributed by atoms with E-state index in [9.17, 15) is 9.59 Å². The summed E-state index contributed by atoms with van der Waals surface area (Å²) in [6.07, 6.45) is 0.157. The van der Waals surface area contributed by atoms with Crippen molar-refractivity contribution in [2.75, 3.05) is 19.6 Å². The lowest BCUT2D eigenvalue weighted by molar-refractivity contribution is -0.135. The van der Waals surface area contributed by atoms with Crippen LogP contribution in [0.3, 0.4) is 0 Å². The molecule has 6 nitrogen and oxygen atoms in total. The van der Waals surface area contributed by atoms with Crippen LogP contribution in [-0.4, -0.2) is 36.5 Å². The summed E-state index contributed by atoms with van der Waals surface area (Å²) in [5.41, 5.74) is 6.22. The lowest BCUT2D eigenvalue weighted by atomic mass is 10.0. The van der Waals surface area contributed by atoms with Crippen molar-refractivity contribution in [3.63, 3.8) is 0 Å². The number of nitrogens with zero attached hydrogens (tertiary/aromatic N) is 1. The van der Waals surface area contributed by atoms with Crippen LogP contribution < -0.4 is 16.4 Å². The van der Waals surface area contributed by atoms with Gasteiger partial charge < -0.3 is 21.3 Å². The Balaban J connectivity index is 0.00000261. The minimum absolute atomic E-state index is 0. The summed E-state index contributed by atoms with van der Waals surface area (Å²) >= 11 is 7.83. The van der Waals surface area contributed by atoms with Gasteiger partial charge in [-0.3, -0.25) is 4.79 Å². The van der Waals surface area contributed by atoms with Crippen molar-refractivity contribution < 1.29 is 9.59 Å². The van der Waals surface area contributed by atoms with E-state index in [4.69, 9.17) is 17.3 Å². The molecule has 146 valence electrons. The lowest BCUT2D eigenvalue weighted by Crippen LogP contribution is -2.49. The van der Waals surface area contributed by atoms with Gasteiger partial charge >= 0.3 is 6.03 Å². The third-order valence-corrected chi connectivity index (χ3v) is 5.74. The molecular weight excluding hydrogens is 407 g/mol. The van der Waals surface area contributed by atoms with Crippen molar-refractivity contribution in [2.24, 2.45) is 5.73 Å². The second kappa shape index (κ2) is 9.94. The van der Waals surface area contributed by atoms with Gasteiger partial charge in [0.2, 0.25) is 5.91 Å². The van der Waals surface area contributed by atoms with E-state index in [1.807, 2.05) is 46.7 Å². The zero-order valence-corrected chi connectivity index (χ0v) is 16.9. The van der Waals surface area contributed by atoms with E-state index in [0.717, 1.165) is 17.0 Å². The molecule has 0 aliphatic carbocycles. The molecule has 0 radical (unpaired) electrons. The van der Waals surface area contributed by atoms with E-state index < -0.39 is 12.1 Å². The number of rotatable bonds is 5. The number of nitrogens with two attached hydrogens (primary N) is 1. The van der Waals surface area contributed by atoms with Gasteiger partial charge in [0.1, 0.15) is 0 Å². The second-order valence-electron chi connectivity index (χ2n) is 6.11. The highest BCUT2D eigenvalue weighted by molar-refractivity contribution is 7.10. The van der Waals surface area contributed by atoms with Crippen LogP contribution in [0.1, 0.15) is 28.9 Å². The summed E-state index contributed by atoms with van der Waals surface area (Å²) in [7, 11) is 0. The van der Waals surface area contributed by atoms with Gasteiger partial charge in [-0.15, -0.1) is 23.7 Å². The van der Waals surface area contributed by atoms with Crippen LogP contribution >= 0.6 is 35.3 Å². The Morgan fingerprint density at radius 3 is 2.78 bits per heavy atom. The van der Waals surface area contributed by atoms with Crippen LogP contribution in [0.15, 0.2) is 41.8 Å². The highest BCUT2D eigenvalue weighted by Gasteiger charge is 2.31. The minimum atomic E-state index is -0.640. The maximum atomic E-state index is 13.0. The molecule has 2 aromatic rings. The van der Waals surface area contributed by atoms with Crippen molar-refractivity contribution in [3.05, 3.63) is 57.2 Å². The quantitative estimate of drug-likeness (QED) is 0.683. The van der Waals surface area contributed by atoms with Gasteiger partial charge in [-0.25, -0.2) is 4.79 Å². The van der Waals surface area contributed by atoms with Crippen LogP contribution in [-0.2, 0) is 4.79 Å². The second-order valence-corrected chi connectivity index (χ2v) is 7.50. The van der Waals surface area contributed by atoms with Gasteiger partial charge in [-0.05, 0) is 23.1 Å². The Kier molecular flexibility index (Phi) is 7.91. The molecule has 0 spiro atoms. The average Bonchev–Trinajstić information content (AvgIpc) is 3.16. The molecule has 4 N–H and O–H groups in total. The molecule has 9 heteroatoms. The highest BCUT2D eigenvalue weighted by atomic mass is 35.5. The number of urea groups is 1. The zero-order valence-electron chi connectivity index (χ0n) is 14.6. The smallest absolute Gasteiger partial charge is 0.312 e. The van der Waals surface area contributed by atoms with Crippen molar-refractivity contribution >= 4 is 47.3 Å². The monoisotopic (exact) mass is 428 g/mol. The number of halogens is 2. The molecule has 1 saturated heterocycles. The van der Waals surface area contributed by atoms with Crippen LogP contribution in [0.4, 0.5) is 4.79 Å². The molecule has 2 heterocycles. The summed E-state index contributed by atoms with van der Waals surface area (Å²) in [5.74, 6) is -0.0384. The van der Waals surface area contributed by atoms with Crippen molar-refractivity contribution in [1.29, 1.82) is 0 Å². The van der Waals surface area contributed by atoms with Crippen LogP contribution in [0.5, 0.6) is 0 Å². The van der Waals surface area contributed by atoms with Crippen molar-refractivity contribution in [1.82, 2.24) is 15.5 Å². The van der Waals surface area contributed by atoms with Crippen LogP contribution in [0.2, 0.25) is 5.02 Å². The fraction of sp³-hybridized carbons (Fsp3) is 0.333. The number of piperazine rings is 1. The van der Waals surface area contributed by atoms with Gasteiger partial charge in [-0.2, -0.15) is 0 Å². The van der Waals surface area contributed by atoms with E-state index in [1.54, 1.807) is 0 Å². The molecule has 3 amide bonds. The zero-order chi connectivity index (χ0) is 18.5. The lowest BCUT2D eigenvalue weighted by Gasteiger charge is -2.37. The maximum absolute atomic E-state index is 13.0. The number of thiophene rings is 1. The standard InChI is InChI=1S/C18H21ClN4O2S.ClH/c19-13-5-2-1-4-12(13)15-11-21-7-8-23(15)17(24)10-14(22-18(20)25)16-6-3-9-26-16;/h1-6,9,14-15,21H,7-8,10-11H2,(H3,20,22,25);1H. The molecule has 3 rings (SSSR count). The first-order chi connectivity index (χ1) is 12.6. The fourth-order valence-electron chi connectivity index (χ4n) is 3.20. The summed E-state index contributed by atoms with van der Waals surface area (Å²) < 4.78 is 0. The first-order valence-corrected chi connectivity index (χ1v) is 9.66. The molecular formula is C18H22Cl2N4O2S. The number of nitrogens with one attached hydrogen (secondary N) is 2. The Morgan fingerprint density at radius 2 is 2.11 bits per heavy atom. The third kappa shape index (κ3) is 5.35. The third-order valence-electron chi connectivity index (χ3n) is 4.41. The van der Waals surface area contributed by atoms with Gasteiger partial charge in [-0.1, -0.05) is 35.9 Å². The molecule has 0 bridgehead atoms. The van der Waals surface area contributed by atoms with E-state index in [0.29, 0.717) is 18.1 Å². The molecule has 2 unspecified atom stereocenters. The molecule has 1 aliphatic heterocycles. The maximum Gasteiger partial charge on any atom is 0.312 e. The number of benzene rings is 1. The molecule has 1 aromatic heterocycles. The predicted octanol–water partition coefficient (Wildman–Crippen LogP) is 3.10. The SMILES string of the molecule is Cl.NC(=O)NC(CC(=O)N1CCNCC1c1ccccc1Cl)c1cccs1. The molecule has 1 fully saturated rings. The number of carbonyl (C=O) groups excluding carboxylic acids is 2. The number of hydrogen-bond donors (Lipinski definition) is 3. The van der Waals surface area contributed by atoms with Crippen molar-refractivity contribution in [2.45, 2.75) is 18.5 Å². The highest BCUT2D eigenvalue weighted by Crippen LogP contribution is 2.30. The van der Waals surface area contributed by atoms with E-state index in [1.165, 1.54) is 11.3 Å². The van der Waals surface area contributed by atoms with Gasteiger partial charge in [0.15, 0.2) is 0 Å². The average molecular weight is 429 g/mol. The minimum Gasteiger partial charge on any atom is -0.352 e. The van der Waals surface area contributed by atoms with Gasteiger partial charge in [0.25, 0.3) is 0 Å². The largest absolute Gasteiger partial charge is 0.352 e. The van der Waals surface area contributed by atoms with Crippen molar-refractivity contribution in [3.8, 4) is 0 Å². The van der Waals surface area contributed by atoms with Crippen LogP contribution in [0, 0.1) is 0 Å². The molecule has 2 atom stereocenters. The number of carbonyl (C=O) groups is 2. The number of hydrogen-bond acceptors (Lipinski definition) is 4. The Morgan fingerprint density at radius 1 is 1.33 bits per heavy atom. The number of primary amides is 1. The first-order valence-electron chi connectivity index (χ1n) is 8.40. The summed E-state index contributed by atoms with van der Waals surface area (Å²) in [6, 6.07) is 10.1. The topological polar surface area (TPSA) is 87.5 Å². The van der Waals surface area contributed by atoms with E-state index >= 15 is 0 Å². The Bertz CT molecular complexity index is 772. The van der Waals surface area contributed by atoms with Gasteiger partial charge in [0.05, 0.1) is 18.5 Å². The normalized spacial score (nSPS) is 17.7. The summed E-state index contributed by atoms with van der Waals surface area (Å²) in [4.78, 5) is 27.1. The van der Waals surface area contributed by atoms with Gasteiger partial charge in [0, 0.05) is 29.5 Å². The fourth-order valence-corrected chi connectivity index (χ4v) is 4.24. The predicted molar refractivity (Wildman–Crippen MR) is 110 cm³/mol. The van der Waals surface area contributed by atoms with E-state index in [2.05, 4.69) is 10.6 Å². The molecule has 0 saturated carbocycles. The van der Waals surface area contributed by atoms with E-state index in [-0.39, 0.29) is 30.8 Å². The molecule has 1 aliphatic rings.